The fourth-order valence-electron chi connectivity index (χ4n) is 3.95. The Bertz CT molecular complexity index is 1370. The standard InChI is InChI=1S/C20H17N3O5/c1-21-14-5-3-11(9-16(14)27-19(21)25)13-7-8-18(24)23(13)12-4-6-15-17(10-12)28-20(26)22(15)2/h3-6,9-10,13H,7-8H2,1-2H3/t13-/m0/s1. The number of nitrogens with zero attached hydrogens (tertiary/aromatic N) is 3. The van der Waals surface area contributed by atoms with Gasteiger partial charge in [0.25, 0.3) is 0 Å². The molecule has 4 aromatic rings. The van der Waals surface area contributed by atoms with Gasteiger partial charge in [0.05, 0.1) is 17.1 Å². The number of benzene rings is 2. The fraction of sp³-hybridized carbons (Fsp3) is 0.250. The molecular weight excluding hydrogens is 362 g/mol. The second-order valence-corrected chi connectivity index (χ2v) is 7.05. The van der Waals surface area contributed by atoms with Gasteiger partial charge in [-0.1, -0.05) is 6.07 Å². The Hall–Kier alpha value is -3.55. The summed E-state index contributed by atoms with van der Waals surface area (Å²) in [5.41, 5.74) is 3.87. The maximum Gasteiger partial charge on any atom is 0.419 e. The maximum atomic E-state index is 12.6. The molecule has 1 aliphatic heterocycles. The number of carbonyl (C=O) groups excluding carboxylic acids is 1. The van der Waals surface area contributed by atoms with Crippen LogP contribution in [0.3, 0.4) is 0 Å². The van der Waals surface area contributed by atoms with Gasteiger partial charge in [0.1, 0.15) is 0 Å². The summed E-state index contributed by atoms with van der Waals surface area (Å²) >= 11 is 0. The van der Waals surface area contributed by atoms with Crippen LogP contribution in [0.1, 0.15) is 24.4 Å². The topological polar surface area (TPSA) is 90.6 Å². The van der Waals surface area contributed by atoms with Gasteiger partial charge in [-0.05, 0) is 36.2 Å². The minimum Gasteiger partial charge on any atom is -0.408 e. The Morgan fingerprint density at radius 2 is 1.46 bits per heavy atom. The zero-order chi connectivity index (χ0) is 19.6. The molecule has 8 nitrogen and oxygen atoms in total. The van der Waals surface area contributed by atoms with Crippen LogP contribution in [0.4, 0.5) is 5.69 Å². The number of fused-ring (bicyclic) bond motifs is 2. The molecule has 0 spiro atoms. The van der Waals surface area contributed by atoms with Crippen molar-refractivity contribution in [3.8, 4) is 0 Å². The highest BCUT2D eigenvalue weighted by Crippen LogP contribution is 2.38. The van der Waals surface area contributed by atoms with E-state index in [2.05, 4.69) is 0 Å². The van der Waals surface area contributed by atoms with E-state index in [1.54, 1.807) is 31.1 Å². The predicted molar refractivity (Wildman–Crippen MR) is 102 cm³/mol. The number of oxazole rings is 2. The lowest BCUT2D eigenvalue weighted by atomic mass is 10.0. The van der Waals surface area contributed by atoms with E-state index in [0.717, 1.165) is 5.56 Å². The monoisotopic (exact) mass is 379 g/mol. The van der Waals surface area contributed by atoms with Crippen LogP contribution in [-0.4, -0.2) is 15.0 Å². The molecule has 1 amide bonds. The van der Waals surface area contributed by atoms with E-state index in [1.165, 1.54) is 9.13 Å². The lowest BCUT2D eigenvalue weighted by Gasteiger charge is -2.25. The van der Waals surface area contributed by atoms with Crippen molar-refractivity contribution in [3.05, 3.63) is 63.1 Å². The number of aryl methyl sites for hydroxylation is 2. The summed E-state index contributed by atoms with van der Waals surface area (Å²) in [6.45, 7) is 0. The molecule has 0 unspecified atom stereocenters. The van der Waals surface area contributed by atoms with Crippen LogP contribution in [0.25, 0.3) is 22.2 Å². The molecule has 1 aliphatic rings. The molecule has 0 bridgehead atoms. The molecule has 1 fully saturated rings. The first-order valence-electron chi connectivity index (χ1n) is 8.95. The average Bonchev–Trinajstić information content (AvgIpc) is 3.29. The van der Waals surface area contributed by atoms with Crippen LogP contribution in [0.2, 0.25) is 0 Å². The van der Waals surface area contributed by atoms with E-state index in [9.17, 15) is 14.4 Å². The van der Waals surface area contributed by atoms with Crippen molar-refractivity contribution in [1.82, 2.24) is 9.13 Å². The summed E-state index contributed by atoms with van der Waals surface area (Å²) in [6.07, 6.45) is 1.07. The van der Waals surface area contributed by atoms with Crippen LogP contribution in [0.15, 0.2) is 54.8 Å². The smallest absolute Gasteiger partial charge is 0.408 e. The minimum absolute atomic E-state index is 0.00256. The van der Waals surface area contributed by atoms with Crippen molar-refractivity contribution in [2.24, 2.45) is 14.1 Å². The second-order valence-electron chi connectivity index (χ2n) is 7.05. The third-order valence-electron chi connectivity index (χ3n) is 5.47. The van der Waals surface area contributed by atoms with Crippen molar-refractivity contribution in [2.45, 2.75) is 18.9 Å². The summed E-state index contributed by atoms with van der Waals surface area (Å²) in [6, 6.07) is 10.7. The molecule has 0 N–H and O–H groups in total. The molecular formula is C20H17N3O5. The van der Waals surface area contributed by atoms with Crippen molar-refractivity contribution in [2.75, 3.05) is 4.90 Å². The van der Waals surface area contributed by atoms with Gasteiger partial charge in [-0.2, -0.15) is 0 Å². The summed E-state index contributed by atoms with van der Waals surface area (Å²) in [7, 11) is 3.29. The first-order chi connectivity index (χ1) is 13.4. The zero-order valence-electron chi connectivity index (χ0n) is 15.3. The highest BCUT2D eigenvalue weighted by molar-refractivity contribution is 5.98. The van der Waals surface area contributed by atoms with Gasteiger partial charge in [0.15, 0.2) is 11.2 Å². The van der Waals surface area contributed by atoms with Crippen molar-refractivity contribution >= 4 is 33.8 Å². The average molecular weight is 379 g/mol. The van der Waals surface area contributed by atoms with Gasteiger partial charge in [0.2, 0.25) is 5.91 Å². The van der Waals surface area contributed by atoms with Crippen molar-refractivity contribution < 1.29 is 13.6 Å². The number of amides is 1. The van der Waals surface area contributed by atoms with Crippen LogP contribution in [0, 0.1) is 0 Å². The zero-order valence-corrected chi connectivity index (χ0v) is 15.3. The molecule has 1 atom stereocenters. The Balaban J connectivity index is 1.61. The van der Waals surface area contributed by atoms with Crippen molar-refractivity contribution in [3.63, 3.8) is 0 Å². The molecule has 28 heavy (non-hydrogen) atoms. The third-order valence-corrected chi connectivity index (χ3v) is 5.47. The minimum atomic E-state index is -0.444. The molecule has 5 rings (SSSR count). The van der Waals surface area contributed by atoms with E-state index in [-0.39, 0.29) is 11.9 Å². The predicted octanol–water partition coefficient (Wildman–Crippen LogP) is 2.44. The highest BCUT2D eigenvalue weighted by Gasteiger charge is 2.34. The van der Waals surface area contributed by atoms with E-state index >= 15 is 0 Å². The van der Waals surface area contributed by atoms with Crippen LogP contribution >= 0.6 is 0 Å². The fourth-order valence-corrected chi connectivity index (χ4v) is 3.95. The second kappa shape index (κ2) is 5.72. The third kappa shape index (κ3) is 2.27. The van der Waals surface area contributed by atoms with E-state index < -0.39 is 11.5 Å². The molecule has 2 aromatic carbocycles. The summed E-state index contributed by atoms with van der Waals surface area (Å²) in [5, 5.41) is 0. The SMILES string of the molecule is Cn1c(=O)oc2cc([C@@H]3CCC(=O)N3c3ccc4c(c3)oc(=O)n4C)ccc21. The van der Waals surface area contributed by atoms with Gasteiger partial charge in [-0.3, -0.25) is 13.9 Å². The van der Waals surface area contributed by atoms with E-state index in [1.807, 2.05) is 24.3 Å². The number of anilines is 1. The summed E-state index contributed by atoms with van der Waals surface area (Å²) in [4.78, 5) is 37.9. The van der Waals surface area contributed by atoms with Crippen LogP contribution in [-0.2, 0) is 18.9 Å². The van der Waals surface area contributed by atoms with E-state index in [4.69, 9.17) is 8.83 Å². The van der Waals surface area contributed by atoms with Gasteiger partial charge in [0, 0.05) is 32.3 Å². The number of aromatic nitrogens is 2. The Labute approximate surface area is 158 Å². The molecule has 2 aromatic heterocycles. The summed E-state index contributed by atoms with van der Waals surface area (Å²) in [5.74, 6) is -0.866. The Morgan fingerprint density at radius 3 is 2.14 bits per heavy atom. The van der Waals surface area contributed by atoms with Gasteiger partial charge >= 0.3 is 11.5 Å². The number of hydrogen-bond acceptors (Lipinski definition) is 5. The maximum absolute atomic E-state index is 12.6. The quantitative estimate of drug-likeness (QED) is 0.534. The van der Waals surface area contributed by atoms with Crippen molar-refractivity contribution in [1.29, 1.82) is 0 Å². The van der Waals surface area contributed by atoms with E-state index in [0.29, 0.717) is 40.7 Å². The van der Waals surface area contributed by atoms with Crippen LogP contribution in [0.5, 0.6) is 0 Å². The Morgan fingerprint density at radius 1 is 0.857 bits per heavy atom. The first kappa shape index (κ1) is 16.6. The molecule has 0 radical (unpaired) electrons. The number of hydrogen-bond donors (Lipinski definition) is 0. The Kier molecular flexibility index (Phi) is 3.39. The van der Waals surface area contributed by atoms with Crippen LogP contribution < -0.4 is 16.4 Å². The van der Waals surface area contributed by atoms with Gasteiger partial charge < -0.3 is 13.7 Å². The lowest BCUT2D eigenvalue weighted by molar-refractivity contribution is -0.117. The first-order valence-corrected chi connectivity index (χ1v) is 8.95. The normalized spacial score (nSPS) is 17.3. The molecule has 3 heterocycles. The molecule has 142 valence electrons. The van der Waals surface area contributed by atoms with Gasteiger partial charge in [-0.15, -0.1) is 0 Å². The molecule has 0 saturated carbocycles. The molecule has 0 aliphatic carbocycles. The lowest BCUT2D eigenvalue weighted by Crippen LogP contribution is -2.27. The molecule has 8 heteroatoms. The van der Waals surface area contributed by atoms with Gasteiger partial charge in [-0.25, -0.2) is 9.59 Å². The number of carbonyl (C=O) groups is 1. The number of rotatable bonds is 2. The highest BCUT2D eigenvalue weighted by atomic mass is 16.4. The molecule has 1 saturated heterocycles. The largest absolute Gasteiger partial charge is 0.419 e. The summed E-state index contributed by atoms with van der Waals surface area (Å²) < 4.78 is 13.4.